The van der Waals surface area contributed by atoms with Gasteiger partial charge < -0.3 is 14.2 Å². The number of aryl methyl sites for hydroxylation is 3. The van der Waals surface area contributed by atoms with Crippen molar-refractivity contribution in [2.75, 3.05) is 9.80 Å². The highest BCUT2D eigenvalue weighted by atomic mass is 16.3. The van der Waals surface area contributed by atoms with Crippen LogP contribution >= 0.6 is 0 Å². The van der Waals surface area contributed by atoms with Crippen molar-refractivity contribution in [3.8, 4) is 0 Å². The van der Waals surface area contributed by atoms with Crippen molar-refractivity contribution in [3.05, 3.63) is 124 Å². The Balaban J connectivity index is 1.41. The molecule has 1 aliphatic carbocycles. The standard InChI is InChI=1S/C51H57BN2O/c1-30-14-21-44-36(24-30)46-47(55-44)52-39-28-37-38(51(12,13)23-22-50(37,10)11)29-41(39)54(40-20-17-34(27-32(40)3)49(7,8)9)43-26-31(2)25-42(45(43)52)53(46)35-18-15-33(16-19-35)48(4,5)6/h14-21,24-29H,22-23H2,1-13H3. The van der Waals surface area contributed by atoms with Gasteiger partial charge in [0.15, 0.2) is 0 Å². The van der Waals surface area contributed by atoms with E-state index in [1.807, 2.05) is 0 Å². The van der Waals surface area contributed by atoms with Gasteiger partial charge in [-0.2, -0.15) is 0 Å². The first-order valence-corrected chi connectivity index (χ1v) is 20.4. The lowest BCUT2D eigenvalue weighted by molar-refractivity contribution is 0.332. The van der Waals surface area contributed by atoms with Crippen LogP contribution in [0.5, 0.6) is 0 Å². The van der Waals surface area contributed by atoms with Crippen LogP contribution in [0.25, 0.3) is 11.0 Å². The van der Waals surface area contributed by atoms with E-state index in [4.69, 9.17) is 4.42 Å². The van der Waals surface area contributed by atoms with Crippen LogP contribution in [-0.2, 0) is 21.7 Å². The number of hydrogen-bond acceptors (Lipinski definition) is 3. The first-order valence-electron chi connectivity index (χ1n) is 20.4. The average molecular weight is 725 g/mol. The van der Waals surface area contributed by atoms with Crippen LogP contribution in [-0.4, -0.2) is 6.71 Å². The van der Waals surface area contributed by atoms with E-state index in [2.05, 4.69) is 185 Å². The topological polar surface area (TPSA) is 19.6 Å². The summed E-state index contributed by atoms with van der Waals surface area (Å²) in [6.45, 7) is 30.3. The second-order valence-electron chi connectivity index (χ2n) is 20.4. The maximum absolute atomic E-state index is 7.21. The predicted molar refractivity (Wildman–Crippen MR) is 237 cm³/mol. The van der Waals surface area contributed by atoms with Gasteiger partial charge >= 0.3 is 0 Å². The van der Waals surface area contributed by atoms with Crippen molar-refractivity contribution in [2.24, 2.45) is 0 Å². The molecule has 3 heterocycles. The van der Waals surface area contributed by atoms with Gasteiger partial charge in [-0.25, -0.2) is 0 Å². The molecular formula is C51H57BN2O. The second-order valence-corrected chi connectivity index (χ2v) is 20.4. The highest BCUT2D eigenvalue weighted by Crippen LogP contribution is 2.52. The normalized spacial score (nSPS) is 16.9. The lowest BCUT2D eigenvalue weighted by Crippen LogP contribution is -2.61. The van der Waals surface area contributed by atoms with E-state index < -0.39 is 0 Å². The summed E-state index contributed by atoms with van der Waals surface area (Å²) in [5.41, 5.74) is 21.6. The molecular weight excluding hydrogens is 667 g/mol. The van der Waals surface area contributed by atoms with Gasteiger partial charge in [0.05, 0.1) is 11.3 Å². The van der Waals surface area contributed by atoms with Gasteiger partial charge in [0.1, 0.15) is 5.58 Å². The minimum atomic E-state index is -0.0649. The zero-order chi connectivity index (χ0) is 39.1. The quantitative estimate of drug-likeness (QED) is 0.166. The summed E-state index contributed by atoms with van der Waals surface area (Å²) < 4.78 is 7.21. The third-order valence-corrected chi connectivity index (χ3v) is 13.2. The van der Waals surface area contributed by atoms with Crippen LogP contribution in [0.1, 0.15) is 121 Å². The molecule has 9 rings (SSSR count). The molecule has 3 aliphatic rings. The number of fused-ring (bicyclic) bond motifs is 7. The van der Waals surface area contributed by atoms with E-state index in [-0.39, 0.29) is 28.4 Å². The van der Waals surface area contributed by atoms with E-state index in [0.717, 1.165) is 16.9 Å². The fourth-order valence-electron chi connectivity index (χ4n) is 9.80. The van der Waals surface area contributed by atoms with E-state index in [1.54, 1.807) is 0 Å². The highest BCUT2D eigenvalue weighted by molar-refractivity contribution is 7.00. The largest absolute Gasteiger partial charge is 0.468 e. The molecule has 0 radical (unpaired) electrons. The van der Waals surface area contributed by atoms with Crippen molar-refractivity contribution in [1.29, 1.82) is 0 Å². The lowest BCUT2D eigenvalue weighted by Gasteiger charge is -2.47. The molecule has 0 saturated heterocycles. The Labute approximate surface area is 329 Å². The number of nitrogens with zero attached hydrogens (tertiary/aromatic N) is 2. The van der Waals surface area contributed by atoms with Gasteiger partial charge in [0.25, 0.3) is 6.71 Å². The Hall–Kier alpha value is -4.70. The Bertz CT molecular complexity index is 2550. The zero-order valence-corrected chi connectivity index (χ0v) is 35.4. The minimum Gasteiger partial charge on any atom is -0.468 e. The first kappa shape index (κ1) is 36.0. The van der Waals surface area contributed by atoms with Crippen molar-refractivity contribution < 1.29 is 4.42 Å². The predicted octanol–water partition coefficient (Wildman–Crippen LogP) is 12.4. The van der Waals surface area contributed by atoms with E-state index in [1.165, 1.54) is 96.5 Å². The average Bonchev–Trinajstić information content (AvgIpc) is 3.47. The van der Waals surface area contributed by atoms with Gasteiger partial charge in [-0.05, 0) is 148 Å². The van der Waals surface area contributed by atoms with Crippen molar-refractivity contribution in [2.45, 2.75) is 125 Å². The van der Waals surface area contributed by atoms with Crippen molar-refractivity contribution in [1.82, 2.24) is 0 Å². The van der Waals surface area contributed by atoms with Crippen LogP contribution in [0.4, 0.5) is 34.1 Å². The van der Waals surface area contributed by atoms with Crippen LogP contribution in [0.3, 0.4) is 0 Å². The highest BCUT2D eigenvalue weighted by Gasteiger charge is 2.49. The molecule has 3 nitrogen and oxygen atoms in total. The third-order valence-electron chi connectivity index (χ3n) is 13.2. The minimum absolute atomic E-state index is 0.0600. The monoisotopic (exact) mass is 724 g/mol. The van der Waals surface area contributed by atoms with Gasteiger partial charge in [-0.3, -0.25) is 0 Å². The zero-order valence-electron chi connectivity index (χ0n) is 35.4. The van der Waals surface area contributed by atoms with Gasteiger partial charge in [-0.1, -0.05) is 111 Å². The fraction of sp³-hybridized carbons (Fsp3) is 0.373. The summed E-state index contributed by atoms with van der Waals surface area (Å²) in [5, 5.41) is 1.17. The molecule has 6 aromatic rings. The molecule has 0 amide bonds. The fourth-order valence-corrected chi connectivity index (χ4v) is 9.80. The number of hydrogen-bond donors (Lipinski definition) is 0. The third kappa shape index (κ3) is 5.45. The Morgan fingerprint density at radius 2 is 1.18 bits per heavy atom. The Morgan fingerprint density at radius 1 is 0.582 bits per heavy atom. The lowest BCUT2D eigenvalue weighted by atomic mass is 9.35. The maximum atomic E-state index is 7.21. The molecule has 0 fully saturated rings. The Kier molecular flexibility index (Phi) is 7.63. The van der Waals surface area contributed by atoms with Gasteiger partial charge in [0, 0.05) is 33.8 Å². The SMILES string of the molecule is Cc1cc2c3c(c1)N(c1ccc(C(C)(C)C)cc1)c1c(oc4ccc(C)cc14)B3c1cc3c(cc1N2c1ccc(C(C)(C)C)cc1C)C(C)(C)CCC3(C)C. The van der Waals surface area contributed by atoms with E-state index >= 15 is 0 Å². The van der Waals surface area contributed by atoms with Crippen LogP contribution in [0.15, 0.2) is 89.3 Å². The number of rotatable bonds is 2. The molecule has 1 aromatic heterocycles. The summed E-state index contributed by atoms with van der Waals surface area (Å²) in [5.74, 6) is 0. The molecule has 0 atom stereocenters. The van der Waals surface area contributed by atoms with Crippen molar-refractivity contribution >= 4 is 68.4 Å². The summed E-state index contributed by atoms with van der Waals surface area (Å²) >= 11 is 0. The number of benzene rings is 5. The molecule has 5 aromatic carbocycles. The molecule has 4 heteroatoms. The molecule has 0 saturated carbocycles. The summed E-state index contributed by atoms with van der Waals surface area (Å²) in [6, 6.07) is 33.1. The van der Waals surface area contributed by atoms with E-state index in [9.17, 15) is 0 Å². The number of furan rings is 1. The summed E-state index contributed by atoms with van der Waals surface area (Å²) in [7, 11) is 0. The maximum Gasteiger partial charge on any atom is 0.297 e. The smallest absolute Gasteiger partial charge is 0.297 e. The molecule has 0 unspecified atom stereocenters. The second kappa shape index (κ2) is 11.7. The number of anilines is 6. The molecule has 55 heavy (non-hydrogen) atoms. The van der Waals surface area contributed by atoms with Gasteiger partial charge in [0.2, 0.25) is 0 Å². The van der Waals surface area contributed by atoms with Crippen LogP contribution < -0.4 is 26.4 Å². The molecule has 0 bridgehead atoms. The van der Waals surface area contributed by atoms with Crippen LogP contribution in [0.2, 0.25) is 0 Å². The first-order chi connectivity index (χ1) is 25.7. The van der Waals surface area contributed by atoms with Crippen LogP contribution in [0, 0.1) is 20.8 Å². The molecule has 280 valence electrons. The summed E-state index contributed by atoms with van der Waals surface area (Å²) in [6.07, 6.45) is 2.34. The van der Waals surface area contributed by atoms with Gasteiger partial charge in [-0.15, -0.1) is 0 Å². The van der Waals surface area contributed by atoms with E-state index in [0.29, 0.717) is 0 Å². The molecule has 2 aliphatic heterocycles. The Morgan fingerprint density at radius 3 is 1.80 bits per heavy atom. The molecule has 0 spiro atoms. The molecule has 0 N–H and O–H groups in total. The van der Waals surface area contributed by atoms with Crippen molar-refractivity contribution in [3.63, 3.8) is 0 Å². The summed E-state index contributed by atoms with van der Waals surface area (Å²) in [4.78, 5) is 5.12.